The van der Waals surface area contributed by atoms with Crippen molar-refractivity contribution in [2.45, 2.75) is 46.5 Å². The van der Waals surface area contributed by atoms with Gasteiger partial charge in [-0.2, -0.15) is 5.26 Å². The van der Waals surface area contributed by atoms with Crippen LogP contribution in [0.15, 0.2) is 11.6 Å². The molecule has 0 spiro atoms. The first-order valence-electron chi connectivity index (χ1n) is 5.13. The Kier molecular flexibility index (Phi) is 3.14. The third-order valence-electron chi connectivity index (χ3n) is 3.59. The quantitative estimate of drug-likeness (QED) is 0.476. The molecule has 0 aromatic carbocycles. The van der Waals surface area contributed by atoms with E-state index in [1.807, 2.05) is 0 Å². The average Bonchev–Trinajstić information content (AvgIpc) is 2.32. The number of nitriles is 1. The molecule has 1 heteroatoms. The minimum Gasteiger partial charge on any atom is -0.198 e. The van der Waals surface area contributed by atoms with Crippen LogP contribution in [0.1, 0.15) is 46.5 Å². The fourth-order valence-corrected chi connectivity index (χ4v) is 2.10. The summed E-state index contributed by atoms with van der Waals surface area (Å²) in [6.45, 7) is 6.87. The second kappa shape index (κ2) is 3.96. The van der Waals surface area contributed by atoms with E-state index in [9.17, 15) is 0 Å². The van der Waals surface area contributed by atoms with E-state index in [0.29, 0.717) is 11.8 Å². The average molecular weight is 177 g/mol. The van der Waals surface area contributed by atoms with E-state index in [1.54, 1.807) is 0 Å². The topological polar surface area (TPSA) is 23.8 Å². The molecule has 0 bridgehead atoms. The molecule has 0 aromatic rings. The molecule has 1 rings (SSSR count). The highest BCUT2D eigenvalue weighted by Crippen LogP contribution is 2.45. The van der Waals surface area contributed by atoms with E-state index in [-0.39, 0.29) is 0 Å². The lowest BCUT2D eigenvalue weighted by atomic mass is 9.75. The molecule has 0 radical (unpaired) electrons. The zero-order valence-electron chi connectivity index (χ0n) is 8.93. The summed E-state index contributed by atoms with van der Waals surface area (Å²) in [5.74, 6) is 0.765. The maximum absolute atomic E-state index is 8.46. The zero-order valence-corrected chi connectivity index (χ0v) is 8.93. The molecule has 0 heterocycles. The number of hydrogen-bond donors (Lipinski definition) is 0. The van der Waals surface area contributed by atoms with Gasteiger partial charge in [0.2, 0.25) is 0 Å². The lowest BCUT2D eigenvalue weighted by Crippen LogP contribution is -2.20. The maximum atomic E-state index is 8.46. The summed E-state index contributed by atoms with van der Waals surface area (Å²) in [5, 5.41) is 8.46. The van der Waals surface area contributed by atoms with Gasteiger partial charge >= 0.3 is 0 Å². The molecule has 0 saturated carbocycles. The third kappa shape index (κ3) is 2.12. The van der Waals surface area contributed by atoms with Gasteiger partial charge < -0.3 is 0 Å². The summed E-state index contributed by atoms with van der Waals surface area (Å²) in [5.41, 5.74) is 1.89. The summed E-state index contributed by atoms with van der Waals surface area (Å²) in [7, 11) is 0. The number of unbranched alkanes of at least 4 members (excludes halogenated alkanes) is 1. The van der Waals surface area contributed by atoms with E-state index >= 15 is 0 Å². The monoisotopic (exact) mass is 177 g/mol. The molecule has 13 heavy (non-hydrogen) atoms. The zero-order chi connectivity index (χ0) is 9.90. The number of rotatable bonds is 3. The van der Waals surface area contributed by atoms with Crippen molar-refractivity contribution in [1.82, 2.24) is 0 Å². The van der Waals surface area contributed by atoms with Gasteiger partial charge in [0.25, 0.3) is 0 Å². The lowest BCUT2D eigenvalue weighted by molar-refractivity contribution is 0.271. The summed E-state index contributed by atoms with van der Waals surface area (Å²) < 4.78 is 0. The van der Waals surface area contributed by atoms with Crippen molar-refractivity contribution in [3.8, 4) is 6.07 Å². The molecule has 0 amide bonds. The van der Waals surface area contributed by atoms with E-state index in [0.717, 1.165) is 12.3 Å². The van der Waals surface area contributed by atoms with Crippen LogP contribution in [0.3, 0.4) is 0 Å². The second-order valence-corrected chi connectivity index (χ2v) is 4.59. The predicted molar refractivity (Wildman–Crippen MR) is 55.1 cm³/mol. The maximum Gasteiger partial charge on any atom is 0.0621 e. The first-order valence-corrected chi connectivity index (χ1v) is 5.13. The van der Waals surface area contributed by atoms with Gasteiger partial charge in [-0.3, -0.25) is 0 Å². The van der Waals surface area contributed by atoms with E-state index in [2.05, 4.69) is 32.9 Å². The minimum absolute atomic E-state index is 0.370. The van der Waals surface area contributed by atoms with Gasteiger partial charge in [-0.25, -0.2) is 0 Å². The van der Waals surface area contributed by atoms with Crippen molar-refractivity contribution in [3.63, 3.8) is 0 Å². The molecule has 0 N–H and O–H groups in total. The van der Waals surface area contributed by atoms with Crippen LogP contribution in [-0.2, 0) is 0 Å². The van der Waals surface area contributed by atoms with Gasteiger partial charge in [-0.15, -0.1) is 0 Å². The Morgan fingerprint density at radius 1 is 1.62 bits per heavy atom. The first-order chi connectivity index (χ1) is 6.09. The van der Waals surface area contributed by atoms with Crippen LogP contribution in [0.4, 0.5) is 0 Å². The Bertz CT molecular complexity index is 242. The van der Waals surface area contributed by atoms with E-state index < -0.39 is 0 Å². The SMILES string of the molecule is CC1=CCC(CCCC#N)C1(C)C. The van der Waals surface area contributed by atoms with E-state index in [4.69, 9.17) is 5.26 Å². The van der Waals surface area contributed by atoms with E-state index in [1.165, 1.54) is 18.4 Å². The van der Waals surface area contributed by atoms with Gasteiger partial charge in [0.1, 0.15) is 0 Å². The number of nitrogens with zero attached hydrogens (tertiary/aromatic N) is 1. The van der Waals surface area contributed by atoms with Gasteiger partial charge in [-0.05, 0) is 37.5 Å². The lowest BCUT2D eigenvalue weighted by Gasteiger charge is -2.29. The molecule has 0 saturated heterocycles. The van der Waals surface area contributed by atoms with Crippen LogP contribution in [0.5, 0.6) is 0 Å². The van der Waals surface area contributed by atoms with Crippen LogP contribution in [-0.4, -0.2) is 0 Å². The second-order valence-electron chi connectivity index (χ2n) is 4.59. The van der Waals surface area contributed by atoms with Crippen molar-refractivity contribution in [3.05, 3.63) is 11.6 Å². The molecular weight excluding hydrogens is 158 g/mol. The molecular formula is C12H19N. The van der Waals surface area contributed by atoms with Crippen LogP contribution >= 0.6 is 0 Å². The highest BCUT2D eigenvalue weighted by molar-refractivity contribution is 5.18. The minimum atomic E-state index is 0.370. The molecule has 0 aromatic heterocycles. The van der Waals surface area contributed by atoms with Crippen LogP contribution in [0, 0.1) is 22.7 Å². The van der Waals surface area contributed by atoms with Gasteiger partial charge in [0.05, 0.1) is 6.07 Å². The molecule has 1 aliphatic rings. The van der Waals surface area contributed by atoms with Crippen molar-refractivity contribution in [2.24, 2.45) is 11.3 Å². The normalized spacial score (nSPS) is 25.4. The summed E-state index contributed by atoms with van der Waals surface area (Å²) in [6.07, 6.45) is 6.55. The molecule has 1 nitrogen and oxygen atoms in total. The van der Waals surface area contributed by atoms with Gasteiger partial charge in [0.15, 0.2) is 0 Å². The Morgan fingerprint density at radius 2 is 2.31 bits per heavy atom. The predicted octanol–water partition coefficient (Wildman–Crippen LogP) is 3.67. The van der Waals surface area contributed by atoms with Crippen LogP contribution in [0.2, 0.25) is 0 Å². The number of allylic oxidation sites excluding steroid dienone is 2. The highest BCUT2D eigenvalue weighted by atomic mass is 14.4. The summed E-state index contributed by atoms with van der Waals surface area (Å²) in [4.78, 5) is 0. The Morgan fingerprint density at radius 3 is 2.77 bits per heavy atom. The fraction of sp³-hybridized carbons (Fsp3) is 0.750. The van der Waals surface area contributed by atoms with Gasteiger partial charge in [-0.1, -0.05) is 25.5 Å². The van der Waals surface area contributed by atoms with Crippen LogP contribution in [0.25, 0.3) is 0 Å². The molecule has 1 atom stereocenters. The van der Waals surface area contributed by atoms with Crippen molar-refractivity contribution in [1.29, 1.82) is 5.26 Å². The summed E-state index contributed by atoms with van der Waals surface area (Å²) in [6, 6.07) is 2.21. The standard InChI is InChI=1S/C12H19N/c1-10-7-8-11(12(10,2)3)6-4-5-9-13/h7,11H,4-6,8H2,1-3H3. The molecule has 0 fully saturated rings. The highest BCUT2D eigenvalue weighted by Gasteiger charge is 2.33. The largest absolute Gasteiger partial charge is 0.198 e. The number of hydrogen-bond acceptors (Lipinski definition) is 1. The van der Waals surface area contributed by atoms with Crippen molar-refractivity contribution < 1.29 is 0 Å². The first kappa shape index (κ1) is 10.3. The fourth-order valence-electron chi connectivity index (χ4n) is 2.10. The smallest absolute Gasteiger partial charge is 0.0621 e. The molecule has 1 unspecified atom stereocenters. The van der Waals surface area contributed by atoms with Gasteiger partial charge in [0, 0.05) is 6.42 Å². The van der Waals surface area contributed by atoms with Crippen LogP contribution < -0.4 is 0 Å². The molecule has 1 aliphatic carbocycles. The third-order valence-corrected chi connectivity index (χ3v) is 3.59. The van der Waals surface area contributed by atoms with Crippen molar-refractivity contribution in [2.75, 3.05) is 0 Å². The summed E-state index contributed by atoms with van der Waals surface area (Å²) >= 11 is 0. The Labute approximate surface area is 81.5 Å². The molecule has 72 valence electrons. The Hall–Kier alpha value is -0.770. The Balaban J connectivity index is 2.43. The molecule has 0 aliphatic heterocycles. The van der Waals surface area contributed by atoms with Crippen molar-refractivity contribution >= 4 is 0 Å².